The molecule has 0 aliphatic carbocycles. The molecule has 0 radical (unpaired) electrons. The fourth-order valence-corrected chi connectivity index (χ4v) is 3.12. The second kappa shape index (κ2) is 7.87. The summed E-state index contributed by atoms with van der Waals surface area (Å²) in [6, 6.07) is 11.9. The quantitative estimate of drug-likeness (QED) is 0.586. The smallest absolute Gasteiger partial charge is 0.471 e. The van der Waals surface area contributed by atoms with Crippen molar-refractivity contribution >= 4 is 11.6 Å². The third-order valence-corrected chi connectivity index (χ3v) is 4.55. The molecule has 9 heteroatoms. The highest BCUT2D eigenvalue weighted by Gasteiger charge is 2.42. The van der Waals surface area contributed by atoms with Crippen molar-refractivity contribution in [3.05, 3.63) is 69.3 Å². The maximum Gasteiger partial charge on any atom is 0.471 e. The number of nitro benzene ring substituents is 1. The summed E-state index contributed by atoms with van der Waals surface area (Å²) in [5.74, 6) is -1.83. The van der Waals surface area contributed by atoms with Crippen molar-refractivity contribution in [1.82, 2.24) is 4.90 Å². The van der Waals surface area contributed by atoms with Gasteiger partial charge in [0.05, 0.1) is 4.92 Å². The highest BCUT2D eigenvalue weighted by atomic mass is 19.4. The summed E-state index contributed by atoms with van der Waals surface area (Å²) in [6.07, 6.45) is -4.67. The number of hydrogen-bond donors (Lipinski definition) is 0. The molecule has 1 aliphatic rings. The minimum Gasteiger partial charge on any atom is -0.482 e. The maximum absolute atomic E-state index is 12.7. The van der Waals surface area contributed by atoms with Gasteiger partial charge in [0.2, 0.25) is 0 Å². The Morgan fingerprint density at radius 2 is 1.71 bits per heavy atom. The van der Waals surface area contributed by atoms with Crippen LogP contribution in [0.5, 0.6) is 5.75 Å². The number of amides is 1. The van der Waals surface area contributed by atoms with Crippen molar-refractivity contribution < 1.29 is 27.6 Å². The van der Waals surface area contributed by atoms with Crippen LogP contribution in [0.3, 0.4) is 0 Å². The largest absolute Gasteiger partial charge is 0.482 e. The van der Waals surface area contributed by atoms with Gasteiger partial charge in [0.25, 0.3) is 0 Å². The number of alkyl halides is 3. The summed E-state index contributed by atoms with van der Waals surface area (Å²) in [4.78, 5) is 23.1. The zero-order valence-electron chi connectivity index (χ0n) is 14.7. The van der Waals surface area contributed by atoms with E-state index in [4.69, 9.17) is 4.74 Å². The van der Waals surface area contributed by atoms with E-state index < -0.39 is 17.0 Å². The van der Waals surface area contributed by atoms with E-state index in [9.17, 15) is 28.1 Å². The Kier molecular flexibility index (Phi) is 5.53. The molecule has 1 aliphatic heterocycles. The minimum absolute atomic E-state index is 0.0585. The highest BCUT2D eigenvalue weighted by molar-refractivity contribution is 5.82. The number of carbonyl (C=O) groups excluding carboxylic acids is 1. The molecule has 0 fully saturated rings. The molecule has 0 spiro atoms. The number of carbonyl (C=O) groups is 1. The van der Waals surface area contributed by atoms with E-state index in [1.165, 1.54) is 12.1 Å². The number of nitrogens with zero attached hydrogens (tertiary/aromatic N) is 2. The number of benzene rings is 2. The predicted octanol–water partition coefficient (Wildman–Crippen LogP) is 3.66. The molecule has 2 aromatic rings. The number of ether oxygens (including phenoxy) is 1. The van der Waals surface area contributed by atoms with E-state index in [0.29, 0.717) is 11.1 Å². The lowest BCUT2D eigenvalue weighted by atomic mass is 10.0. The van der Waals surface area contributed by atoms with Crippen molar-refractivity contribution in [2.75, 3.05) is 13.1 Å². The van der Waals surface area contributed by atoms with Gasteiger partial charge < -0.3 is 9.64 Å². The van der Waals surface area contributed by atoms with Crippen molar-refractivity contribution in [2.45, 2.75) is 25.6 Å². The number of hydrogen-bond acceptors (Lipinski definition) is 4. The molecular formula is C19H17F3N2O4. The van der Waals surface area contributed by atoms with Crippen molar-refractivity contribution in [3.63, 3.8) is 0 Å². The van der Waals surface area contributed by atoms with E-state index in [0.717, 1.165) is 10.5 Å². The van der Waals surface area contributed by atoms with Gasteiger partial charge in [0.15, 0.2) is 5.75 Å². The Morgan fingerprint density at radius 1 is 1.11 bits per heavy atom. The second-order valence-electron chi connectivity index (χ2n) is 6.41. The van der Waals surface area contributed by atoms with Crippen molar-refractivity contribution in [3.8, 4) is 5.75 Å². The average molecular weight is 394 g/mol. The molecule has 6 nitrogen and oxygen atoms in total. The van der Waals surface area contributed by atoms with Gasteiger partial charge in [0.1, 0.15) is 6.61 Å². The SMILES string of the molecule is O=C(N1CCc2cc(OCc3ccccc3)c([N+](=O)[O-])cc2CC1)C(F)(F)F. The lowest BCUT2D eigenvalue weighted by Gasteiger charge is -2.21. The Morgan fingerprint density at radius 3 is 2.29 bits per heavy atom. The normalized spacial score (nSPS) is 14.2. The second-order valence-corrected chi connectivity index (χ2v) is 6.41. The van der Waals surface area contributed by atoms with Gasteiger partial charge >= 0.3 is 17.8 Å². The first-order valence-electron chi connectivity index (χ1n) is 8.58. The van der Waals surface area contributed by atoms with Crippen molar-refractivity contribution in [1.29, 1.82) is 0 Å². The molecule has 0 atom stereocenters. The average Bonchev–Trinajstić information content (AvgIpc) is 2.87. The van der Waals surface area contributed by atoms with Gasteiger partial charge in [-0.15, -0.1) is 0 Å². The third-order valence-electron chi connectivity index (χ3n) is 4.55. The Hall–Kier alpha value is -3.10. The maximum atomic E-state index is 12.7. The first-order valence-corrected chi connectivity index (χ1v) is 8.58. The lowest BCUT2D eigenvalue weighted by Crippen LogP contribution is -2.42. The van der Waals surface area contributed by atoms with Crippen LogP contribution in [-0.2, 0) is 24.2 Å². The summed E-state index contributed by atoms with van der Waals surface area (Å²) in [7, 11) is 0. The van der Waals surface area contributed by atoms with Crippen LogP contribution in [0.15, 0.2) is 42.5 Å². The van der Waals surface area contributed by atoms with E-state index in [2.05, 4.69) is 0 Å². The van der Waals surface area contributed by atoms with Gasteiger partial charge in [-0.05, 0) is 35.6 Å². The molecule has 0 unspecified atom stereocenters. The summed E-state index contributed by atoms with van der Waals surface area (Å²) in [6.45, 7) is -0.132. The van der Waals surface area contributed by atoms with E-state index in [-0.39, 0.29) is 44.0 Å². The van der Waals surface area contributed by atoms with Crippen LogP contribution in [0.1, 0.15) is 16.7 Å². The third kappa shape index (κ3) is 4.41. The number of fused-ring (bicyclic) bond motifs is 1. The molecule has 0 N–H and O–H groups in total. The minimum atomic E-state index is -4.94. The Labute approximate surface area is 158 Å². The predicted molar refractivity (Wildman–Crippen MR) is 93.9 cm³/mol. The molecule has 28 heavy (non-hydrogen) atoms. The molecule has 2 aromatic carbocycles. The molecular weight excluding hydrogens is 377 g/mol. The van der Waals surface area contributed by atoms with Crippen LogP contribution in [-0.4, -0.2) is 35.0 Å². The molecule has 3 rings (SSSR count). The zero-order chi connectivity index (χ0) is 20.3. The summed E-state index contributed by atoms with van der Waals surface area (Å²) in [5, 5.41) is 11.4. The Balaban J connectivity index is 1.83. The fraction of sp³-hybridized carbons (Fsp3) is 0.316. The molecule has 148 valence electrons. The Bertz CT molecular complexity index is 885. The van der Waals surface area contributed by atoms with Crippen molar-refractivity contribution in [2.24, 2.45) is 0 Å². The molecule has 1 amide bonds. The molecule has 1 heterocycles. The van der Waals surface area contributed by atoms with Crippen LogP contribution in [0.25, 0.3) is 0 Å². The van der Waals surface area contributed by atoms with Crippen LogP contribution in [0.4, 0.5) is 18.9 Å². The number of rotatable bonds is 4. The van der Waals surface area contributed by atoms with E-state index in [1.54, 1.807) is 0 Å². The molecule has 0 saturated carbocycles. The fourth-order valence-electron chi connectivity index (χ4n) is 3.12. The monoisotopic (exact) mass is 394 g/mol. The number of nitro groups is 1. The van der Waals surface area contributed by atoms with E-state index in [1.807, 2.05) is 30.3 Å². The van der Waals surface area contributed by atoms with Crippen LogP contribution >= 0.6 is 0 Å². The molecule has 0 bridgehead atoms. The lowest BCUT2D eigenvalue weighted by molar-refractivity contribution is -0.386. The zero-order valence-corrected chi connectivity index (χ0v) is 14.7. The van der Waals surface area contributed by atoms with Crippen LogP contribution in [0, 0.1) is 10.1 Å². The first-order chi connectivity index (χ1) is 13.3. The van der Waals surface area contributed by atoms with Gasteiger partial charge in [0, 0.05) is 19.2 Å². The number of halogens is 3. The van der Waals surface area contributed by atoms with E-state index >= 15 is 0 Å². The standard InChI is InChI=1S/C19H17F3N2O4/c20-19(21,22)18(25)23-8-6-14-10-16(24(26)27)17(11-15(14)7-9-23)28-12-13-4-2-1-3-5-13/h1-5,10-11H,6-9,12H2. The molecule has 0 saturated heterocycles. The van der Waals surface area contributed by atoms with Gasteiger partial charge in [-0.3, -0.25) is 14.9 Å². The topological polar surface area (TPSA) is 72.7 Å². The van der Waals surface area contributed by atoms with Gasteiger partial charge in [-0.1, -0.05) is 30.3 Å². The van der Waals surface area contributed by atoms with Crippen LogP contribution < -0.4 is 4.74 Å². The van der Waals surface area contributed by atoms with Gasteiger partial charge in [-0.25, -0.2) is 0 Å². The van der Waals surface area contributed by atoms with Gasteiger partial charge in [-0.2, -0.15) is 13.2 Å². The summed E-state index contributed by atoms with van der Waals surface area (Å²) < 4.78 is 43.7. The first kappa shape index (κ1) is 19.7. The highest BCUT2D eigenvalue weighted by Crippen LogP contribution is 2.33. The van der Waals surface area contributed by atoms with Crippen LogP contribution in [0.2, 0.25) is 0 Å². The summed E-state index contributed by atoms with van der Waals surface area (Å²) in [5.41, 5.74) is 1.78. The molecule has 0 aromatic heterocycles. The summed E-state index contributed by atoms with van der Waals surface area (Å²) >= 11 is 0.